The molecule has 0 amide bonds. The Labute approximate surface area is 73.0 Å². The molecule has 0 aromatic carbocycles. The van der Waals surface area contributed by atoms with Gasteiger partial charge in [-0.3, -0.25) is 0 Å². The zero-order chi connectivity index (χ0) is 8.23. The SMILES string of the molecule is c1cc(C2CCCNCC2)co1. The standard InChI is InChI=1S/C10H15NO/c1-2-9(3-6-11-5-1)10-4-7-12-8-10/h4,7-9,11H,1-3,5-6H2. The molecule has 1 N–H and O–H groups in total. The van der Waals surface area contributed by atoms with Crippen molar-refractivity contribution >= 4 is 0 Å². The molecule has 1 atom stereocenters. The molecular weight excluding hydrogens is 150 g/mol. The van der Waals surface area contributed by atoms with Gasteiger partial charge in [0.1, 0.15) is 0 Å². The van der Waals surface area contributed by atoms with E-state index in [1.54, 1.807) is 6.26 Å². The predicted octanol–water partition coefficient (Wildman–Crippen LogP) is 2.14. The zero-order valence-corrected chi connectivity index (χ0v) is 7.25. The molecule has 1 aromatic rings. The second-order valence-corrected chi connectivity index (χ2v) is 3.43. The Morgan fingerprint density at radius 3 is 3.17 bits per heavy atom. The highest BCUT2D eigenvalue weighted by molar-refractivity contribution is 5.12. The summed E-state index contributed by atoms with van der Waals surface area (Å²) >= 11 is 0. The molecule has 1 aliphatic heterocycles. The fraction of sp³-hybridized carbons (Fsp3) is 0.600. The molecule has 1 aliphatic rings. The first-order chi connectivity index (χ1) is 5.97. The van der Waals surface area contributed by atoms with Crippen LogP contribution in [-0.2, 0) is 0 Å². The summed E-state index contributed by atoms with van der Waals surface area (Å²) in [6.07, 6.45) is 7.49. The minimum Gasteiger partial charge on any atom is -0.472 e. The molecular formula is C10H15NO. The number of furan rings is 1. The van der Waals surface area contributed by atoms with E-state index in [2.05, 4.69) is 11.4 Å². The average molecular weight is 165 g/mol. The van der Waals surface area contributed by atoms with Crippen LogP contribution in [0.3, 0.4) is 0 Å². The van der Waals surface area contributed by atoms with Crippen LogP contribution in [0.25, 0.3) is 0 Å². The normalized spacial score (nSPS) is 25.2. The first-order valence-corrected chi connectivity index (χ1v) is 4.69. The maximum Gasteiger partial charge on any atom is 0.0937 e. The second-order valence-electron chi connectivity index (χ2n) is 3.43. The van der Waals surface area contributed by atoms with Crippen LogP contribution >= 0.6 is 0 Å². The van der Waals surface area contributed by atoms with Crippen molar-refractivity contribution in [2.45, 2.75) is 25.2 Å². The third-order valence-electron chi connectivity index (χ3n) is 2.59. The highest BCUT2D eigenvalue weighted by Crippen LogP contribution is 2.25. The van der Waals surface area contributed by atoms with Crippen LogP contribution in [0.15, 0.2) is 23.0 Å². The third kappa shape index (κ3) is 1.69. The number of hydrogen-bond acceptors (Lipinski definition) is 2. The van der Waals surface area contributed by atoms with Gasteiger partial charge in [0.25, 0.3) is 0 Å². The van der Waals surface area contributed by atoms with Crippen LogP contribution < -0.4 is 5.32 Å². The average Bonchev–Trinajstić information content (AvgIpc) is 2.48. The van der Waals surface area contributed by atoms with Crippen LogP contribution in [0, 0.1) is 0 Å². The molecule has 0 radical (unpaired) electrons. The van der Waals surface area contributed by atoms with Crippen LogP contribution in [0.1, 0.15) is 30.7 Å². The van der Waals surface area contributed by atoms with Crippen molar-refractivity contribution in [1.82, 2.24) is 5.32 Å². The molecule has 2 heteroatoms. The van der Waals surface area contributed by atoms with Crippen molar-refractivity contribution in [3.63, 3.8) is 0 Å². The van der Waals surface area contributed by atoms with E-state index >= 15 is 0 Å². The van der Waals surface area contributed by atoms with Gasteiger partial charge in [-0.05, 0) is 49.9 Å². The largest absolute Gasteiger partial charge is 0.472 e. The summed E-state index contributed by atoms with van der Waals surface area (Å²) in [7, 11) is 0. The third-order valence-corrected chi connectivity index (χ3v) is 2.59. The molecule has 0 aliphatic carbocycles. The lowest BCUT2D eigenvalue weighted by molar-refractivity contribution is 0.548. The molecule has 0 spiro atoms. The molecule has 1 aromatic heterocycles. The van der Waals surface area contributed by atoms with Gasteiger partial charge in [-0.1, -0.05) is 0 Å². The van der Waals surface area contributed by atoms with Crippen LogP contribution in [0.2, 0.25) is 0 Å². The quantitative estimate of drug-likeness (QED) is 0.689. The van der Waals surface area contributed by atoms with E-state index in [-0.39, 0.29) is 0 Å². The zero-order valence-electron chi connectivity index (χ0n) is 7.25. The Balaban J connectivity index is 2.02. The van der Waals surface area contributed by atoms with Crippen LogP contribution in [-0.4, -0.2) is 13.1 Å². The molecule has 2 rings (SSSR count). The van der Waals surface area contributed by atoms with Gasteiger partial charge in [0.15, 0.2) is 0 Å². The van der Waals surface area contributed by atoms with E-state index < -0.39 is 0 Å². The van der Waals surface area contributed by atoms with E-state index in [0.29, 0.717) is 0 Å². The first kappa shape index (κ1) is 7.87. The first-order valence-electron chi connectivity index (χ1n) is 4.69. The van der Waals surface area contributed by atoms with Gasteiger partial charge in [-0.25, -0.2) is 0 Å². The van der Waals surface area contributed by atoms with Gasteiger partial charge in [-0.2, -0.15) is 0 Å². The summed E-state index contributed by atoms with van der Waals surface area (Å²) in [5.41, 5.74) is 1.37. The molecule has 0 bridgehead atoms. The Hall–Kier alpha value is -0.760. The van der Waals surface area contributed by atoms with Crippen LogP contribution in [0.4, 0.5) is 0 Å². The summed E-state index contributed by atoms with van der Waals surface area (Å²) < 4.78 is 5.09. The van der Waals surface area contributed by atoms with Gasteiger partial charge in [0, 0.05) is 0 Å². The van der Waals surface area contributed by atoms with E-state index in [4.69, 9.17) is 4.42 Å². The summed E-state index contributed by atoms with van der Waals surface area (Å²) in [6, 6.07) is 2.09. The molecule has 66 valence electrons. The molecule has 1 unspecified atom stereocenters. The predicted molar refractivity (Wildman–Crippen MR) is 48.2 cm³/mol. The molecule has 2 nitrogen and oxygen atoms in total. The lowest BCUT2D eigenvalue weighted by Gasteiger charge is -2.09. The molecule has 12 heavy (non-hydrogen) atoms. The Morgan fingerprint density at radius 2 is 2.33 bits per heavy atom. The Bertz CT molecular complexity index is 210. The summed E-state index contributed by atoms with van der Waals surface area (Å²) in [5.74, 6) is 0.721. The highest BCUT2D eigenvalue weighted by Gasteiger charge is 2.14. The minimum atomic E-state index is 0.721. The van der Waals surface area contributed by atoms with Crippen molar-refractivity contribution in [3.8, 4) is 0 Å². The van der Waals surface area contributed by atoms with Gasteiger partial charge in [0.2, 0.25) is 0 Å². The highest BCUT2D eigenvalue weighted by atomic mass is 16.3. The second kappa shape index (κ2) is 3.76. The smallest absolute Gasteiger partial charge is 0.0937 e. The van der Waals surface area contributed by atoms with Crippen molar-refractivity contribution in [3.05, 3.63) is 24.2 Å². The molecule has 0 saturated carbocycles. The number of rotatable bonds is 1. The summed E-state index contributed by atoms with van der Waals surface area (Å²) in [5, 5.41) is 3.41. The Morgan fingerprint density at radius 1 is 1.33 bits per heavy atom. The number of hydrogen-bond donors (Lipinski definition) is 1. The van der Waals surface area contributed by atoms with E-state index in [0.717, 1.165) is 12.5 Å². The molecule has 1 saturated heterocycles. The van der Waals surface area contributed by atoms with Gasteiger partial charge in [0.05, 0.1) is 12.5 Å². The van der Waals surface area contributed by atoms with Crippen molar-refractivity contribution in [1.29, 1.82) is 0 Å². The van der Waals surface area contributed by atoms with Crippen molar-refractivity contribution < 1.29 is 4.42 Å². The maximum atomic E-state index is 5.09. The summed E-state index contributed by atoms with van der Waals surface area (Å²) in [4.78, 5) is 0. The van der Waals surface area contributed by atoms with E-state index in [1.807, 2.05) is 6.26 Å². The lowest BCUT2D eigenvalue weighted by Crippen LogP contribution is -2.13. The fourth-order valence-corrected chi connectivity index (χ4v) is 1.86. The lowest BCUT2D eigenvalue weighted by atomic mass is 9.94. The topological polar surface area (TPSA) is 25.2 Å². The van der Waals surface area contributed by atoms with Crippen molar-refractivity contribution in [2.75, 3.05) is 13.1 Å². The van der Waals surface area contributed by atoms with E-state index in [9.17, 15) is 0 Å². The van der Waals surface area contributed by atoms with Gasteiger partial charge in [-0.15, -0.1) is 0 Å². The van der Waals surface area contributed by atoms with Crippen LogP contribution in [0.5, 0.6) is 0 Å². The minimum absolute atomic E-state index is 0.721. The van der Waals surface area contributed by atoms with Gasteiger partial charge < -0.3 is 9.73 Å². The molecule has 2 heterocycles. The Kier molecular flexibility index (Phi) is 2.47. The number of nitrogens with one attached hydrogen (secondary N) is 1. The molecule has 1 fully saturated rings. The summed E-state index contributed by atoms with van der Waals surface area (Å²) in [6.45, 7) is 2.32. The fourth-order valence-electron chi connectivity index (χ4n) is 1.86. The van der Waals surface area contributed by atoms with E-state index in [1.165, 1.54) is 31.4 Å². The van der Waals surface area contributed by atoms with Crippen molar-refractivity contribution in [2.24, 2.45) is 0 Å². The van der Waals surface area contributed by atoms with Gasteiger partial charge >= 0.3 is 0 Å². The maximum absolute atomic E-state index is 5.09. The monoisotopic (exact) mass is 165 g/mol.